The molecular formula is C23H19Cl2F3N2O6S2. The number of ether oxygens (including phenoxy) is 1. The molecule has 38 heavy (non-hydrogen) atoms. The van der Waals surface area contributed by atoms with Gasteiger partial charge in [-0.05, 0) is 43.3 Å². The molecule has 0 aliphatic carbocycles. The van der Waals surface area contributed by atoms with Crippen LogP contribution in [0.15, 0.2) is 58.3 Å². The topological polar surface area (TPSA) is 119 Å². The number of aromatic nitrogens is 1. The maximum Gasteiger partial charge on any atom is 0.417 e. The van der Waals surface area contributed by atoms with Crippen molar-refractivity contribution in [1.29, 1.82) is 0 Å². The Hall–Kier alpha value is -2.55. The first-order chi connectivity index (χ1) is 17.5. The number of hydrogen-bond acceptors (Lipinski definition) is 7. The Morgan fingerprint density at radius 3 is 2.24 bits per heavy atom. The SMILES string of the molecule is COC(NS(=O)(=O)c1ccc(Cl)c(C(F)(F)F)c1)c1cc(Cl)c(C)nc1C(=O)c1ccccc1S(C)(=O)=O. The van der Waals surface area contributed by atoms with Crippen LogP contribution in [0.1, 0.15) is 39.1 Å². The third kappa shape index (κ3) is 6.35. The van der Waals surface area contributed by atoms with Crippen LogP contribution < -0.4 is 4.72 Å². The van der Waals surface area contributed by atoms with Gasteiger partial charge in [0.25, 0.3) is 0 Å². The monoisotopic (exact) mass is 610 g/mol. The highest BCUT2D eigenvalue weighted by Gasteiger charge is 2.35. The zero-order valence-electron chi connectivity index (χ0n) is 19.8. The first kappa shape index (κ1) is 30.0. The number of halogens is 5. The third-order valence-corrected chi connectivity index (χ3v) is 8.53. The lowest BCUT2D eigenvalue weighted by Gasteiger charge is -2.21. The van der Waals surface area contributed by atoms with Crippen molar-refractivity contribution in [1.82, 2.24) is 9.71 Å². The lowest BCUT2D eigenvalue weighted by molar-refractivity contribution is -0.137. The summed E-state index contributed by atoms with van der Waals surface area (Å²) in [5, 5.41) is -0.688. The maximum atomic E-state index is 13.5. The van der Waals surface area contributed by atoms with Crippen LogP contribution in [0.5, 0.6) is 0 Å². The predicted octanol–water partition coefficient (Wildman–Crippen LogP) is 4.97. The van der Waals surface area contributed by atoms with Crippen LogP contribution in [-0.2, 0) is 30.8 Å². The van der Waals surface area contributed by atoms with E-state index >= 15 is 0 Å². The number of ketones is 1. The number of nitrogens with one attached hydrogen (secondary N) is 1. The number of methoxy groups -OCH3 is 1. The Labute approximate surface area is 226 Å². The summed E-state index contributed by atoms with van der Waals surface area (Å²) in [6.07, 6.45) is -5.68. The van der Waals surface area contributed by atoms with Crippen LogP contribution in [0.25, 0.3) is 0 Å². The number of nitrogens with zero attached hydrogens (tertiary/aromatic N) is 1. The predicted molar refractivity (Wildman–Crippen MR) is 133 cm³/mol. The largest absolute Gasteiger partial charge is 0.417 e. The summed E-state index contributed by atoms with van der Waals surface area (Å²) >= 11 is 11.8. The van der Waals surface area contributed by atoms with E-state index in [1.165, 1.54) is 37.3 Å². The molecule has 0 aliphatic heterocycles. The van der Waals surface area contributed by atoms with E-state index in [1.54, 1.807) is 0 Å². The van der Waals surface area contributed by atoms with Gasteiger partial charge in [-0.1, -0.05) is 35.3 Å². The fourth-order valence-corrected chi connectivity index (χ4v) is 5.85. The highest BCUT2D eigenvalue weighted by molar-refractivity contribution is 7.90. The highest BCUT2D eigenvalue weighted by Crippen LogP contribution is 2.36. The summed E-state index contributed by atoms with van der Waals surface area (Å²) < 4.78 is 97.7. The molecule has 1 atom stereocenters. The summed E-state index contributed by atoms with van der Waals surface area (Å²) in [6, 6.07) is 8.52. The number of alkyl halides is 3. The number of hydrogen-bond donors (Lipinski definition) is 1. The molecule has 8 nitrogen and oxygen atoms in total. The van der Waals surface area contributed by atoms with Crippen molar-refractivity contribution < 1.29 is 39.5 Å². The molecule has 3 rings (SSSR count). The zero-order chi connectivity index (χ0) is 28.6. The molecule has 0 radical (unpaired) electrons. The minimum absolute atomic E-state index is 0.0139. The maximum absolute atomic E-state index is 13.5. The first-order valence-electron chi connectivity index (χ1n) is 10.4. The molecule has 0 saturated heterocycles. The van der Waals surface area contributed by atoms with Crippen LogP contribution in [0.3, 0.4) is 0 Å². The number of sulfonamides is 1. The lowest BCUT2D eigenvalue weighted by Crippen LogP contribution is -2.31. The number of carbonyl (C=O) groups is 1. The van der Waals surface area contributed by atoms with Crippen LogP contribution in [0.4, 0.5) is 13.2 Å². The van der Waals surface area contributed by atoms with E-state index in [4.69, 9.17) is 27.9 Å². The van der Waals surface area contributed by atoms with Crippen molar-refractivity contribution in [3.8, 4) is 0 Å². The Kier molecular flexibility index (Phi) is 8.61. The summed E-state index contributed by atoms with van der Waals surface area (Å²) in [5.74, 6) is -0.882. The summed E-state index contributed by atoms with van der Waals surface area (Å²) in [7, 11) is -7.47. The molecule has 1 aromatic heterocycles. The number of aryl methyl sites for hydroxylation is 1. The Morgan fingerprint density at radius 1 is 1.03 bits per heavy atom. The molecule has 1 heterocycles. The molecule has 0 spiro atoms. The van der Waals surface area contributed by atoms with Crippen LogP contribution in [0.2, 0.25) is 10.0 Å². The van der Waals surface area contributed by atoms with Crippen LogP contribution in [0, 0.1) is 6.92 Å². The third-order valence-electron chi connectivity index (χ3n) is 5.26. The van der Waals surface area contributed by atoms with E-state index in [0.717, 1.165) is 25.5 Å². The van der Waals surface area contributed by atoms with Crippen molar-refractivity contribution in [2.24, 2.45) is 0 Å². The molecule has 0 amide bonds. The average Bonchev–Trinajstić information content (AvgIpc) is 2.82. The van der Waals surface area contributed by atoms with Crippen molar-refractivity contribution in [2.45, 2.75) is 29.1 Å². The minimum atomic E-state index is -4.93. The number of benzene rings is 2. The van der Waals surface area contributed by atoms with E-state index in [1.807, 2.05) is 0 Å². The Balaban J connectivity index is 2.14. The summed E-state index contributed by atoms with van der Waals surface area (Å²) in [4.78, 5) is 16.6. The van der Waals surface area contributed by atoms with Gasteiger partial charge in [0.15, 0.2) is 9.84 Å². The van der Waals surface area contributed by atoms with Crippen LogP contribution >= 0.6 is 23.2 Å². The van der Waals surface area contributed by atoms with Crippen molar-refractivity contribution in [3.63, 3.8) is 0 Å². The van der Waals surface area contributed by atoms with Gasteiger partial charge in [-0.15, -0.1) is 0 Å². The quantitative estimate of drug-likeness (QED) is 0.282. The van der Waals surface area contributed by atoms with Crippen molar-refractivity contribution in [3.05, 3.63) is 86.7 Å². The molecule has 0 bridgehead atoms. The van der Waals surface area contributed by atoms with Crippen LogP contribution in [-0.4, -0.2) is 41.0 Å². The molecule has 2 aromatic carbocycles. The van der Waals surface area contributed by atoms with Gasteiger partial charge in [0.2, 0.25) is 15.8 Å². The molecular weight excluding hydrogens is 592 g/mol. The number of pyridine rings is 1. The van der Waals surface area contributed by atoms with Crippen molar-refractivity contribution in [2.75, 3.05) is 13.4 Å². The Bertz CT molecular complexity index is 1630. The number of sulfone groups is 1. The van der Waals surface area contributed by atoms with Gasteiger partial charge in [-0.3, -0.25) is 4.79 Å². The van der Waals surface area contributed by atoms with Gasteiger partial charge in [-0.2, -0.15) is 17.9 Å². The standard InChI is InChI=1S/C23H19Cl2F3N2O6S2/c1-12-18(25)11-15(20(29-12)21(31)14-6-4-5-7-19(14)37(3,32)33)22(36-2)30-38(34,35)13-8-9-17(24)16(10-13)23(26,27)28/h4-11,22,30H,1-3H3. The van der Waals surface area contributed by atoms with Gasteiger partial charge in [-0.25, -0.2) is 21.8 Å². The molecule has 0 saturated carbocycles. The van der Waals surface area contributed by atoms with Gasteiger partial charge in [0.05, 0.1) is 31.1 Å². The van der Waals surface area contributed by atoms with E-state index < -0.39 is 53.5 Å². The van der Waals surface area contributed by atoms with E-state index in [2.05, 4.69) is 9.71 Å². The average molecular weight is 611 g/mol. The second kappa shape index (κ2) is 10.9. The molecule has 15 heteroatoms. The second-order valence-corrected chi connectivity index (χ2v) is 12.5. The summed E-state index contributed by atoms with van der Waals surface area (Å²) in [6.45, 7) is 1.46. The van der Waals surface area contributed by atoms with Crippen molar-refractivity contribution >= 4 is 48.8 Å². The molecule has 0 aliphatic rings. The molecule has 3 aromatic rings. The lowest BCUT2D eigenvalue weighted by atomic mass is 10.0. The fourth-order valence-electron chi connectivity index (χ4n) is 3.42. The Morgan fingerprint density at radius 2 is 1.66 bits per heavy atom. The van der Waals surface area contributed by atoms with E-state index in [9.17, 15) is 34.8 Å². The molecule has 204 valence electrons. The molecule has 0 fully saturated rings. The first-order valence-corrected chi connectivity index (χ1v) is 14.5. The van der Waals surface area contributed by atoms with Gasteiger partial charge in [0, 0.05) is 24.5 Å². The van der Waals surface area contributed by atoms with E-state index in [-0.39, 0.29) is 32.4 Å². The normalized spacial score (nSPS) is 13.4. The summed E-state index contributed by atoms with van der Waals surface area (Å²) in [5.41, 5.74) is -2.03. The van der Waals surface area contributed by atoms with E-state index in [0.29, 0.717) is 6.07 Å². The smallest absolute Gasteiger partial charge is 0.361 e. The molecule has 1 unspecified atom stereocenters. The van der Waals surface area contributed by atoms with Gasteiger partial charge < -0.3 is 4.74 Å². The number of rotatable bonds is 8. The fraction of sp³-hybridized carbons (Fsp3) is 0.217. The molecule has 1 N–H and O–H groups in total. The highest BCUT2D eigenvalue weighted by atomic mass is 35.5. The zero-order valence-corrected chi connectivity index (χ0v) is 22.9. The minimum Gasteiger partial charge on any atom is -0.361 e. The second-order valence-electron chi connectivity index (χ2n) is 7.97. The van der Waals surface area contributed by atoms with Gasteiger partial charge in [0.1, 0.15) is 11.9 Å². The van der Waals surface area contributed by atoms with Gasteiger partial charge >= 0.3 is 6.18 Å². The number of carbonyl (C=O) groups excluding carboxylic acids is 1.